The second-order valence-corrected chi connectivity index (χ2v) is 12.6. The van der Waals surface area contributed by atoms with Crippen molar-refractivity contribution in [3.05, 3.63) is 101 Å². The fourth-order valence-corrected chi connectivity index (χ4v) is 6.93. The average molecular weight is 658 g/mol. The number of carbonyl (C=O) groups is 2. The van der Waals surface area contributed by atoms with Crippen molar-refractivity contribution in [1.82, 2.24) is 10.2 Å². The number of benzene rings is 3. The summed E-state index contributed by atoms with van der Waals surface area (Å²) < 4.78 is 23.6. The van der Waals surface area contributed by atoms with E-state index in [1.807, 2.05) is 26.0 Å². The zero-order valence-electron chi connectivity index (χ0n) is 25.2. The van der Waals surface area contributed by atoms with E-state index in [0.717, 1.165) is 5.56 Å². The van der Waals surface area contributed by atoms with Crippen LogP contribution in [0.4, 0.5) is 5.13 Å². The molecule has 3 aromatic carbocycles. The van der Waals surface area contributed by atoms with Crippen molar-refractivity contribution in [2.75, 3.05) is 31.3 Å². The Bertz CT molecular complexity index is 1820. The molecule has 2 aliphatic heterocycles. The average Bonchev–Trinajstić information content (AvgIpc) is 3.65. The lowest BCUT2D eigenvalue weighted by Crippen LogP contribution is -2.29. The molecule has 1 unspecified atom stereocenters. The highest BCUT2D eigenvalue weighted by Gasteiger charge is 2.48. The second kappa shape index (κ2) is 13.7. The lowest BCUT2D eigenvalue weighted by atomic mass is 9.95. The van der Waals surface area contributed by atoms with Crippen molar-refractivity contribution in [2.24, 2.45) is 0 Å². The van der Waals surface area contributed by atoms with Crippen LogP contribution in [0, 0.1) is 6.92 Å². The van der Waals surface area contributed by atoms with Gasteiger partial charge in [0, 0.05) is 11.3 Å². The molecule has 1 atom stereocenters. The Balaban J connectivity index is 1.42. The van der Waals surface area contributed by atoms with Crippen LogP contribution < -0.4 is 23.8 Å². The molecular formula is C34H31N3O7S2. The summed E-state index contributed by atoms with van der Waals surface area (Å²) in [5, 5.41) is 20.5. The first-order valence-electron chi connectivity index (χ1n) is 14.6. The predicted molar refractivity (Wildman–Crippen MR) is 176 cm³/mol. The number of nitrogens with zero attached hydrogens (tertiary/aromatic N) is 3. The van der Waals surface area contributed by atoms with E-state index < -0.39 is 17.7 Å². The molecule has 1 aromatic heterocycles. The van der Waals surface area contributed by atoms with Crippen LogP contribution in [0.25, 0.3) is 5.76 Å². The second-order valence-electron chi connectivity index (χ2n) is 10.4. The minimum Gasteiger partial charge on any atom is -0.507 e. The Labute approximate surface area is 274 Å². The number of hydrogen-bond donors (Lipinski definition) is 1. The number of carbonyl (C=O) groups excluding carboxylic acids is 2. The zero-order valence-corrected chi connectivity index (χ0v) is 26.9. The maximum atomic E-state index is 13.8. The van der Waals surface area contributed by atoms with Crippen LogP contribution in [-0.4, -0.2) is 53.4 Å². The van der Waals surface area contributed by atoms with Gasteiger partial charge in [-0.15, -0.1) is 10.2 Å². The molecule has 1 N–H and O–H groups in total. The normalized spacial score (nSPS) is 16.8. The molecule has 46 heavy (non-hydrogen) atoms. The van der Waals surface area contributed by atoms with E-state index >= 15 is 0 Å². The monoisotopic (exact) mass is 657 g/mol. The molecule has 0 bridgehead atoms. The summed E-state index contributed by atoms with van der Waals surface area (Å²) in [7, 11) is 0. The van der Waals surface area contributed by atoms with Gasteiger partial charge in [-0.05, 0) is 55.3 Å². The molecule has 1 fully saturated rings. The van der Waals surface area contributed by atoms with Gasteiger partial charge in [-0.25, -0.2) is 0 Å². The van der Waals surface area contributed by atoms with Gasteiger partial charge in [-0.2, -0.15) is 0 Å². The number of aliphatic hydroxyl groups is 1. The van der Waals surface area contributed by atoms with Gasteiger partial charge in [-0.1, -0.05) is 71.6 Å². The number of anilines is 1. The minimum absolute atomic E-state index is 0.104. The quantitative estimate of drug-likeness (QED) is 0.0478. The number of aromatic nitrogens is 2. The molecule has 1 saturated heterocycles. The summed E-state index contributed by atoms with van der Waals surface area (Å²) in [6, 6.07) is 17.2. The van der Waals surface area contributed by atoms with Crippen LogP contribution in [0.1, 0.15) is 35.2 Å². The number of Topliss-reactive ketones (excluding diaryl/α,β-unsaturated/α-hetero) is 1. The van der Waals surface area contributed by atoms with Crippen LogP contribution >= 0.6 is 23.1 Å². The summed E-state index contributed by atoms with van der Waals surface area (Å²) in [5.41, 5.74) is 3.00. The van der Waals surface area contributed by atoms with Gasteiger partial charge in [0.1, 0.15) is 25.6 Å². The van der Waals surface area contributed by atoms with Crippen LogP contribution in [0.15, 0.2) is 83.2 Å². The highest BCUT2D eigenvalue weighted by atomic mass is 32.2. The molecule has 6 rings (SSSR count). The molecule has 0 spiro atoms. The Hall–Kier alpha value is -4.81. The van der Waals surface area contributed by atoms with E-state index in [1.165, 1.54) is 33.6 Å². The molecule has 3 heterocycles. The number of thioether (sulfide) groups is 1. The molecule has 10 nitrogen and oxygen atoms in total. The van der Waals surface area contributed by atoms with Gasteiger partial charge in [-0.3, -0.25) is 14.5 Å². The van der Waals surface area contributed by atoms with Gasteiger partial charge >= 0.3 is 5.91 Å². The maximum Gasteiger partial charge on any atom is 0.301 e. The maximum absolute atomic E-state index is 13.8. The van der Waals surface area contributed by atoms with Crippen molar-refractivity contribution in [3.63, 3.8) is 0 Å². The highest BCUT2D eigenvalue weighted by Crippen LogP contribution is 2.46. The third-order valence-corrected chi connectivity index (χ3v) is 9.41. The minimum atomic E-state index is -1.04. The number of fused-ring (bicyclic) bond motifs is 1. The fraction of sp³-hybridized carbons (Fsp3) is 0.235. The van der Waals surface area contributed by atoms with E-state index in [1.54, 1.807) is 42.5 Å². The Morgan fingerprint density at radius 2 is 1.83 bits per heavy atom. The topological polar surface area (TPSA) is 120 Å². The van der Waals surface area contributed by atoms with Crippen LogP contribution in [0.5, 0.6) is 23.0 Å². The number of aryl methyl sites for hydroxylation is 1. The van der Waals surface area contributed by atoms with E-state index in [-0.39, 0.29) is 23.1 Å². The predicted octanol–water partition coefficient (Wildman–Crippen LogP) is 6.50. The molecule has 1 amide bonds. The summed E-state index contributed by atoms with van der Waals surface area (Å²) in [6.07, 6.45) is 1.62. The Morgan fingerprint density at radius 1 is 1.04 bits per heavy atom. The first kappa shape index (κ1) is 31.2. The largest absolute Gasteiger partial charge is 0.507 e. The standard InChI is InChI=1S/C34H31N3O7S2/c1-4-14-42-24-12-10-22(17-26(24)41-5-2)29-28(30(38)23-11-13-25-27(18-23)44-16-15-43-25)31(39)32(40)37(29)33-35-36-34(46-33)45-19-21-8-6-20(3)7-9-21/h4,6-13,17-18,29,38H,1,5,14-16,19H2,2-3H3/b30-28-. The fourth-order valence-electron chi connectivity index (χ4n) is 5.11. The lowest BCUT2D eigenvalue weighted by molar-refractivity contribution is -0.132. The summed E-state index contributed by atoms with van der Waals surface area (Å²) in [4.78, 5) is 28.8. The van der Waals surface area contributed by atoms with E-state index in [4.69, 9.17) is 18.9 Å². The van der Waals surface area contributed by atoms with Crippen LogP contribution in [0.2, 0.25) is 0 Å². The summed E-state index contributed by atoms with van der Waals surface area (Å²) >= 11 is 2.68. The van der Waals surface area contributed by atoms with Crippen molar-refractivity contribution < 1.29 is 33.6 Å². The summed E-state index contributed by atoms with van der Waals surface area (Å²) in [6.45, 7) is 8.95. The zero-order chi connectivity index (χ0) is 32.2. The van der Waals surface area contributed by atoms with Crippen molar-refractivity contribution >= 4 is 45.7 Å². The number of amides is 1. The van der Waals surface area contributed by atoms with Crippen LogP contribution in [-0.2, 0) is 15.3 Å². The molecule has 0 aliphatic carbocycles. The van der Waals surface area contributed by atoms with Gasteiger partial charge < -0.3 is 24.1 Å². The molecule has 4 aromatic rings. The third-order valence-electron chi connectivity index (χ3n) is 7.28. The molecule has 0 radical (unpaired) electrons. The molecule has 236 valence electrons. The number of aliphatic hydroxyl groups excluding tert-OH is 1. The molecule has 2 aliphatic rings. The number of ketones is 1. The third kappa shape index (κ3) is 6.31. The number of hydrogen-bond acceptors (Lipinski definition) is 11. The Kier molecular flexibility index (Phi) is 9.27. The molecule has 12 heteroatoms. The smallest absolute Gasteiger partial charge is 0.301 e. The van der Waals surface area contributed by atoms with Crippen LogP contribution in [0.3, 0.4) is 0 Å². The van der Waals surface area contributed by atoms with Gasteiger partial charge in [0.15, 0.2) is 27.3 Å². The first-order chi connectivity index (χ1) is 22.4. The van der Waals surface area contributed by atoms with Gasteiger partial charge in [0.05, 0.1) is 18.2 Å². The van der Waals surface area contributed by atoms with Gasteiger partial charge in [0.2, 0.25) is 5.13 Å². The van der Waals surface area contributed by atoms with Crippen molar-refractivity contribution in [3.8, 4) is 23.0 Å². The van der Waals surface area contributed by atoms with E-state index in [0.29, 0.717) is 64.0 Å². The van der Waals surface area contributed by atoms with Crippen molar-refractivity contribution in [1.29, 1.82) is 0 Å². The summed E-state index contributed by atoms with van der Waals surface area (Å²) in [5.74, 6) is 0.463. The SMILES string of the molecule is C=CCOc1ccc(C2/C(=C(/O)c3ccc4c(c3)OCCO4)C(=O)C(=O)N2c2nnc(SCc3ccc(C)cc3)s2)cc1OCC. The van der Waals surface area contributed by atoms with E-state index in [9.17, 15) is 14.7 Å². The highest BCUT2D eigenvalue weighted by molar-refractivity contribution is 8.00. The Morgan fingerprint density at radius 3 is 2.59 bits per heavy atom. The van der Waals surface area contributed by atoms with Crippen molar-refractivity contribution in [2.45, 2.75) is 30.0 Å². The molecule has 0 saturated carbocycles. The number of ether oxygens (including phenoxy) is 4. The van der Waals surface area contributed by atoms with E-state index in [2.05, 4.69) is 28.9 Å². The first-order valence-corrected chi connectivity index (χ1v) is 16.4. The number of rotatable bonds is 11. The molecular weight excluding hydrogens is 627 g/mol. The van der Waals surface area contributed by atoms with Gasteiger partial charge in [0.25, 0.3) is 5.78 Å². The lowest BCUT2D eigenvalue weighted by Gasteiger charge is -2.24.